The van der Waals surface area contributed by atoms with E-state index in [0.29, 0.717) is 0 Å². The van der Waals surface area contributed by atoms with Gasteiger partial charge in [-0.25, -0.2) is 0 Å². The average molecular weight is 195 g/mol. The molecule has 0 spiro atoms. The third-order valence-corrected chi connectivity index (χ3v) is 4.17. The van der Waals surface area contributed by atoms with Crippen LogP contribution in [0.1, 0.15) is 52.4 Å². The molecule has 0 aliphatic heterocycles. The molecule has 0 amide bonds. The van der Waals surface area contributed by atoms with E-state index in [4.69, 9.17) is 0 Å². The number of hydrogen-bond acceptors (Lipinski definition) is 1. The molecule has 2 fully saturated rings. The zero-order chi connectivity index (χ0) is 9.97. The third-order valence-electron chi connectivity index (χ3n) is 4.17. The number of hydrogen-bond donors (Lipinski definition) is 1. The molecular formula is C13H25N. The Bertz CT molecular complexity index is 174. The minimum absolute atomic E-state index is 0.895. The molecule has 2 aliphatic carbocycles. The van der Waals surface area contributed by atoms with Crippen molar-refractivity contribution in [3.05, 3.63) is 0 Å². The molecule has 0 aromatic heterocycles. The van der Waals surface area contributed by atoms with E-state index < -0.39 is 0 Å². The first-order valence-corrected chi connectivity index (χ1v) is 6.53. The van der Waals surface area contributed by atoms with E-state index in [1.165, 1.54) is 45.1 Å². The van der Waals surface area contributed by atoms with Gasteiger partial charge in [0.1, 0.15) is 0 Å². The lowest BCUT2D eigenvalue weighted by molar-refractivity contribution is 0.179. The molecular weight excluding hydrogens is 170 g/mol. The Labute approximate surface area is 88.7 Å². The van der Waals surface area contributed by atoms with Crippen molar-refractivity contribution in [2.24, 2.45) is 17.8 Å². The summed E-state index contributed by atoms with van der Waals surface area (Å²) in [5.41, 5.74) is 0. The first-order chi connectivity index (χ1) is 6.79. The molecule has 3 unspecified atom stereocenters. The molecule has 1 heteroatoms. The van der Waals surface area contributed by atoms with Crippen molar-refractivity contribution in [1.29, 1.82) is 0 Å². The van der Waals surface area contributed by atoms with Gasteiger partial charge in [-0.2, -0.15) is 0 Å². The first-order valence-electron chi connectivity index (χ1n) is 6.53. The van der Waals surface area contributed by atoms with Crippen molar-refractivity contribution >= 4 is 0 Å². The van der Waals surface area contributed by atoms with Crippen LogP contribution in [0.15, 0.2) is 0 Å². The second kappa shape index (κ2) is 4.65. The molecule has 1 nitrogen and oxygen atoms in total. The van der Waals surface area contributed by atoms with Gasteiger partial charge in [0.15, 0.2) is 0 Å². The standard InChI is InChI=1S/C13H25N/c1-3-11-8-10(2)4-5-12(11)9-14-13-6-7-13/h10-14H,3-9H2,1-2H3. The summed E-state index contributed by atoms with van der Waals surface area (Å²) < 4.78 is 0. The fourth-order valence-electron chi connectivity index (χ4n) is 2.94. The molecule has 0 saturated heterocycles. The summed E-state index contributed by atoms with van der Waals surface area (Å²) in [6.45, 7) is 6.09. The average Bonchev–Trinajstić information content (AvgIpc) is 2.99. The lowest BCUT2D eigenvalue weighted by Crippen LogP contribution is -2.33. The van der Waals surface area contributed by atoms with E-state index in [0.717, 1.165) is 23.8 Å². The molecule has 0 radical (unpaired) electrons. The molecule has 0 heterocycles. The van der Waals surface area contributed by atoms with E-state index in [2.05, 4.69) is 19.2 Å². The molecule has 82 valence electrons. The van der Waals surface area contributed by atoms with Gasteiger partial charge in [0, 0.05) is 6.04 Å². The maximum atomic E-state index is 3.71. The Morgan fingerprint density at radius 2 is 1.86 bits per heavy atom. The van der Waals surface area contributed by atoms with Gasteiger partial charge in [0.25, 0.3) is 0 Å². The van der Waals surface area contributed by atoms with E-state index in [9.17, 15) is 0 Å². The third kappa shape index (κ3) is 2.73. The zero-order valence-corrected chi connectivity index (χ0v) is 9.76. The Morgan fingerprint density at radius 1 is 1.07 bits per heavy atom. The fourth-order valence-corrected chi connectivity index (χ4v) is 2.94. The van der Waals surface area contributed by atoms with E-state index in [1.807, 2.05) is 0 Å². The lowest BCUT2D eigenvalue weighted by Gasteiger charge is -2.34. The first kappa shape index (κ1) is 10.5. The van der Waals surface area contributed by atoms with Crippen LogP contribution in [0.2, 0.25) is 0 Å². The van der Waals surface area contributed by atoms with Crippen LogP contribution in [-0.2, 0) is 0 Å². The summed E-state index contributed by atoms with van der Waals surface area (Å²) in [5, 5.41) is 3.71. The monoisotopic (exact) mass is 195 g/mol. The predicted molar refractivity (Wildman–Crippen MR) is 61.3 cm³/mol. The highest BCUT2D eigenvalue weighted by Gasteiger charge is 2.29. The minimum atomic E-state index is 0.895. The highest BCUT2D eigenvalue weighted by Crippen LogP contribution is 2.35. The van der Waals surface area contributed by atoms with Crippen molar-refractivity contribution in [3.8, 4) is 0 Å². The SMILES string of the molecule is CCC1CC(C)CCC1CNC1CC1. The van der Waals surface area contributed by atoms with Gasteiger partial charge in [0.05, 0.1) is 0 Å². The predicted octanol–water partition coefficient (Wildman–Crippen LogP) is 3.20. The van der Waals surface area contributed by atoms with E-state index >= 15 is 0 Å². The topological polar surface area (TPSA) is 12.0 Å². The Balaban J connectivity index is 1.76. The van der Waals surface area contributed by atoms with Crippen LogP contribution in [-0.4, -0.2) is 12.6 Å². The molecule has 3 atom stereocenters. The van der Waals surface area contributed by atoms with Gasteiger partial charge in [-0.1, -0.05) is 26.7 Å². The van der Waals surface area contributed by atoms with Gasteiger partial charge >= 0.3 is 0 Å². The summed E-state index contributed by atoms with van der Waals surface area (Å²) in [7, 11) is 0. The molecule has 0 aromatic carbocycles. The van der Waals surface area contributed by atoms with Crippen LogP contribution in [0.3, 0.4) is 0 Å². The van der Waals surface area contributed by atoms with Crippen LogP contribution in [0.25, 0.3) is 0 Å². The second-order valence-electron chi connectivity index (χ2n) is 5.53. The Morgan fingerprint density at radius 3 is 2.50 bits per heavy atom. The largest absolute Gasteiger partial charge is 0.314 e. The van der Waals surface area contributed by atoms with Crippen molar-refractivity contribution in [3.63, 3.8) is 0 Å². The van der Waals surface area contributed by atoms with Gasteiger partial charge in [-0.3, -0.25) is 0 Å². The quantitative estimate of drug-likeness (QED) is 0.726. The molecule has 2 aliphatic rings. The summed E-state index contributed by atoms with van der Waals surface area (Å²) in [6, 6.07) is 0.895. The Hall–Kier alpha value is -0.0400. The minimum Gasteiger partial charge on any atom is -0.314 e. The fraction of sp³-hybridized carbons (Fsp3) is 1.00. The molecule has 14 heavy (non-hydrogen) atoms. The van der Waals surface area contributed by atoms with E-state index in [1.54, 1.807) is 0 Å². The summed E-state index contributed by atoms with van der Waals surface area (Å²) in [5.74, 6) is 2.97. The summed E-state index contributed by atoms with van der Waals surface area (Å²) in [6.07, 6.45) is 8.67. The van der Waals surface area contributed by atoms with Gasteiger partial charge < -0.3 is 5.32 Å². The van der Waals surface area contributed by atoms with Crippen molar-refractivity contribution < 1.29 is 0 Å². The van der Waals surface area contributed by atoms with Gasteiger partial charge in [-0.15, -0.1) is 0 Å². The zero-order valence-electron chi connectivity index (χ0n) is 9.76. The van der Waals surface area contributed by atoms with E-state index in [-0.39, 0.29) is 0 Å². The van der Waals surface area contributed by atoms with Gasteiger partial charge in [0.2, 0.25) is 0 Å². The molecule has 0 bridgehead atoms. The number of rotatable bonds is 4. The maximum Gasteiger partial charge on any atom is 0.00683 e. The number of nitrogens with one attached hydrogen (secondary N) is 1. The maximum absolute atomic E-state index is 3.71. The smallest absolute Gasteiger partial charge is 0.00683 e. The summed E-state index contributed by atoms with van der Waals surface area (Å²) >= 11 is 0. The van der Waals surface area contributed by atoms with Crippen molar-refractivity contribution in [1.82, 2.24) is 5.32 Å². The van der Waals surface area contributed by atoms with Crippen LogP contribution in [0.5, 0.6) is 0 Å². The van der Waals surface area contributed by atoms with Crippen molar-refractivity contribution in [2.75, 3.05) is 6.54 Å². The van der Waals surface area contributed by atoms with Crippen molar-refractivity contribution in [2.45, 2.75) is 58.4 Å². The normalized spacial score (nSPS) is 38.6. The van der Waals surface area contributed by atoms with Crippen LogP contribution < -0.4 is 5.32 Å². The molecule has 2 rings (SSSR count). The highest BCUT2D eigenvalue weighted by molar-refractivity contribution is 4.85. The van der Waals surface area contributed by atoms with Crippen LogP contribution in [0.4, 0.5) is 0 Å². The lowest BCUT2D eigenvalue weighted by atomic mass is 9.73. The van der Waals surface area contributed by atoms with Crippen LogP contribution >= 0.6 is 0 Å². The second-order valence-corrected chi connectivity index (χ2v) is 5.53. The Kier molecular flexibility index (Phi) is 3.48. The molecule has 1 N–H and O–H groups in total. The van der Waals surface area contributed by atoms with Crippen LogP contribution in [0, 0.1) is 17.8 Å². The molecule has 0 aromatic rings. The summed E-state index contributed by atoms with van der Waals surface area (Å²) in [4.78, 5) is 0. The highest BCUT2D eigenvalue weighted by atomic mass is 14.9. The molecule has 2 saturated carbocycles. The van der Waals surface area contributed by atoms with Gasteiger partial charge in [-0.05, 0) is 50.0 Å².